The maximum absolute atomic E-state index is 13.7. The Labute approximate surface area is 139 Å². The Hall–Kier alpha value is -2.89. The van der Waals surface area contributed by atoms with Crippen LogP contribution in [0.1, 0.15) is 19.4 Å². The van der Waals surface area contributed by atoms with E-state index in [4.69, 9.17) is 4.74 Å². The lowest BCUT2D eigenvalue weighted by Crippen LogP contribution is -2.43. The summed E-state index contributed by atoms with van der Waals surface area (Å²) in [5.41, 5.74) is 0.698. The summed E-state index contributed by atoms with van der Waals surface area (Å²) in [7, 11) is 0. The summed E-state index contributed by atoms with van der Waals surface area (Å²) in [6.07, 6.45) is 0. The number of amides is 2. The highest BCUT2D eigenvalue weighted by Gasteiger charge is 2.14. The minimum Gasteiger partial charge on any atom is -0.454 e. The summed E-state index contributed by atoms with van der Waals surface area (Å²) < 4.78 is 19.3. The van der Waals surface area contributed by atoms with Gasteiger partial charge in [-0.3, -0.25) is 9.59 Å². The summed E-state index contributed by atoms with van der Waals surface area (Å²) >= 11 is 0. The Kier molecular flexibility index (Phi) is 5.89. The largest absolute Gasteiger partial charge is 0.454 e. The fraction of sp³-hybridized carbons (Fsp3) is 0.222. The van der Waals surface area contributed by atoms with Crippen LogP contribution in [0.5, 0.6) is 11.5 Å². The molecule has 6 heteroatoms. The third kappa shape index (κ3) is 4.81. The van der Waals surface area contributed by atoms with Crippen LogP contribution in [0, 0.1) is 5.82 Å². The number of hydrogen-bond donors (Lipinski definition) is 2. The summed E-state index contributed by atoms with van der Waals surface area (Å²) in [4.78, 5) is 22.9. The molecule has 0 spiro atoms. The molecule has 1 unspecified atom stereocenters. The third-order valence-electron chi connectivity index (χ3n) is 3.30. The van der Waals surface area contributed by atoms with Crippen molar-refractivity contribution in [2.45, 2.75) is 26.4 Å². The second-order valence-corrected chi connectivity index (χ2v) is 5.28. The molecule has 2 amide bonds. The van der Waals surface area contributed by atoms with Crippen molar-refractivity contribution in [3.05, 3.63) is 59.9 Å². The van der Waals surface area contributed by atoms with E-state index in [0.29, 0.717) is 11.3 Å². The number of para-hydroxylation sites is 2. The van der Waals surface area contributed by atoms with Gasteiger partial charge < -0.3 is 15.4 Å². The molecule has 0 aliphatic heterocycles. The van der Waals surface area contributed by atoms with Gasteiger partial charge in [0.25, 0.3) is 0 Å². The van der Waals surface area contributed by atoms with E-state index in [1.165, 1.54) is 19.1 Å². The minimum absolute atomic E-state index is 0.114. The lowest BCUT2D eigenvalue weighted by atomic mass is 10.2. The van der Waals surface area contributed by atoms with Crippen molar-refractivity contribution in [1.29, 1.82) is 0 Å². The van der Waals surface area contributed by atoms with Crippen molar-refractivity contribution in [2.75, 3.05) is 0 Å². The zero-order valence-corrected chi connectivity index (χ0v) is 13.5. The molecular weight excluding hydrogens is 311 g/mol. The number of halogens is 1. The van der Waals surface area contributed by atoms with E-state index in [-0.39, 0.29) is 24.1 Å². The number of carbonyl (C=O) groups is 2. The van der Waals surface area contributed by atoms with E-state index in [9.17, 15) is 14.0 Å². The summed E-state index contributed by atoms with van der Waals surface area (Å²) in [6, 6.07) is 12.5. The van der Waals surface area contributed by atoms with E-state index < -0.39 is 11.9 Å². The average Bonchev–Trinajstić information content (AvgIpc) is 2.55. The number of hydrogen-bond acceptors (Lipinski definition) is 3. The molecule has 126 valence electrons. The third-order valence-corrected chi connectivity index (χ3v) is 3.30. The van der Waals surface area contributed by atoms with Gasteiger partial charge in [0, 0.05) is 19.0 Å². The summed E-state index contributed by atoms with van der Waals surface area (Å²) in [6.45, 7) is 3.15. The van der Waals surface area contributed by atoms with Crippen LogP contribution < -0.4 is 15.4 Å². The lowest BCUT2D eigenvalue weighted by Gasteiger charge is -2.15. The normalized spacial score (nSPS) is 11.5. The van der Waals surface area contributed by atoms with Gasteiger partial charge in [0.05, 0.1) is 0 Å². The van der Waals surface area contributed by atoms with E-state index in [2.05, 4.69) is 10.6 Å². The summed E-state index contributed by atoms with van der Waals surface area (Å²) in [5.74, 6) is -0.486. The molecule has 0 bridgehead atoms. The lowest BCUT2D eigenvalue weighted by molar-refractivity contribution is -0.127. The zero-order valence-electron chi connectivity index (χ0n) is 13.5. The van der Waals surface area contributed by atoms with Gasteiger partial charge in [-0.15, -0.1) is 0 Å². The first-order chi connectivity index (χ1) is 11.5. The molecule has 1 atom stereocenters. The molecule has 5 nitrogen and oxygen atoms in total. The van der Waals surface area contributed by atoms with Crippen LogP contribution in [0.15, 0.2) is 48.5 Å². The highest BCUT2D eigenvalue weighted by Crippen LogP contribution is 2.27. The zero-order chi connectivity index (χ0) is 17.5. The molecule has 2 aromatic rings. The molecule has 0 aliphatic carbocycles. The molecule has 0 radical (unpaired) electrons. The van der Waals surface area contributed by atoms with Crippen molar-refractivity contribution >= 4 is 11.8 Å². The van der Waals surface area contributed by atoms with E-state index in [1.54, 1.807) is 43.3 Å². The second kappa shape index (κ2) is 8.10. The van der Waals surface area contributed by atoms with Crippen molar-refractivity contribution in [3.63, 3.8) is 0 Å². The molecular formula is C18H19FN2O3. The fourth-order valence-electron chi connectivity index (χ4n) is 2.10. The van der Waals surface area contributed by atoms with E-state index >= 15 is 0 Å². The molecule has 2 N–H and O–H groups in total. The molecule has 0 saturated heterocycles. The van der Waals surface area contributed by atoms with E-state index in [1.807, 2.05) is 0 Å². The Morgan fingerprint density at radius 1 is 1.08 bits per heavy atom. The molecule has 2 aromatic carbocycles. The van der Waals surface area contributed by atoms with Gasteiger partial charge >= 0.3 is 0 Å². The van der Waals surface area contributed by atoms with E-state index in [0.717, 1.165) is 0 Å². The van der Waals surface area contributed by atoms with Gasteiger partial charge in [0.15, 0.2) is 11.6 Å². The number of nitrogens with one attached hydrogen (secondary N) is 2. The van der Waals surface area contributed by atoms with Crippen molar-refractivity contribution < 1.29 is 18.7 Å². The van der Waals surface area contributed by atoms with Crippen LogP contribution in [0.4, 0.5) is 4.39 Å². The maximum Gasteiger partial charge on any atom is 0.242 e. The molecule has 2 rings (SSSR count). The van der Waals surface area contributed by atoms with Gasteiger partial charge in [-0.1, -0.05) is 30.3 Å². The molecule has 0 fully saturated rings. The van der Waals surface area contributed by atoms with Gasteiger partial charge in [-0.2, -0.15) is 0 Å². The maximum atomic E-state index is 13.7. The Balaban J connectivity index is 2.05. The predicted molar refractivity (Wildman–Crippen MR) is 88.0 cm³/mol. The fourth-order valence-corrected chi connectivity index (χ4v) is 2.10. The smallest absolute Gasteiger partial charge is 0.242 e. The van der Waals surface area contributed by atoms with Gasteiger partial charge in [-0.25, -0.2) is 4.39 Å². The van der Waals surface area contributed by atoms with Crippen molar-refractivity contribution in [2.24, 2.45) is 0 Å². The summed E-state index contributed by atoms with van der Waals surface area (Å²) in [5, 5.41) is 5.23. The predicted octanol–water partition coefficient (Wildman–Crippen LogP) is 2.76. The first-order valence-electron chi connectivity index (χ1n) is 7.52. The van der Waals surface area contributed by atoms with Crippen LogP contribution >= 0.6 is 0 Å². The van der Waals surface area contributed by atoms with Crippen LogP contribution in [0.2, 0.25) is 0 Å². The number of ether oxygens (including phenoxy) is 1. The Bertz CT molecular complexity index is 734. The van der Waals surface area contributed by atoms with Crippen LogP contribution in [0.25, 0.3) is 0 Å². The molecule has 0 aromatic heterocycles. The van der Waals surface area contributed by atoms with Gasteiger partial charge in [0.2, 0.25) is 11.8 Å². The van der Waals surface area contributed by atoms with Crippen molar-refractivity contribution in [1.82, 2.24) is 10.6 Å². The monoisotopic (exact) mass is 330 g/mol. The highest BCUT2D eigenvalue weighted by molar-refractivity contribution is 5.86. The van der Waals surface area contributed by atoms with Crippen LogP contribution in [-0.4, -0.2) is 17.9 Å². The molecule has 0 aliphatic rings. The number of benzene rings is 2. The van der Waals surface area contributed by atoms with Crippen LogP contribution in [-0.2, 0) is 16.1 Å². The molecule has 24 heavy (non-hydrogen) atoms. The topological polar surface area (TPSA) is 67.4 Å². The second-order valence-electron chi connectivity index (χ2n) is 5.28. The molecule has 0 saturated carbocycles. The Morgan fingerprint density at radius 2 is 1.71 bits per heavy atom. The first-order valence-corrected chi connectivity index (χ1v) is 7.52. The number of carbonyl (C=O) groups excluding carboxylic acids is 2. The first kappa shape index (κ1) is 17.5. The highest BCUT2D eigenvalue weighted by atomic mass is 19.1. The Morgan fingerprint density at radius 3 is 2.38 bits per heavy atom. The van der Waals surface area contributed by atoms with Crippen LogP contribution in [0.3, 0.4) is 0 Å². The molecule has 0 heterocycles. The average molecular weight is 330 g/mol. The minimum atomic E-state index is -0.637. The van der Waals surface area contributed by atoms with Gasteiger partial charge in [0.1, 0.15) is 11.8 Å². The van der Waals surface area contributed by atoms with Crippen molar-refractivity contribution in [3.8, 4) is 11.5 Å². The number of rotatable bonds is 6. The van der Waals surface area contributed by atoms with Gasteiger partial charge in [-0.05, 0) is 25.1 Å². The standard InChI is InChI=1S/C18H19FN2O3/c1-12(21-13(2)22)18(23)20-11-14-7-3-5-9-16(14)24-17-10-6-4-8-15(17)19/h3-10,12H,11H2,1-2H3,(H,20,23)(H,21,22). The SMILES string of the molecule is CC(=O)NC(C)C(=O)NCc1ccccc1Oc1ccccc1F. The quantitative estimate of drug-likeness (QED) is 0.856.